The zero-order valence-corrected chi connectivity index (χ0v) is 11.6. The first-order valence-electron chi connectivity index (χ1n) is 6.11. The van der Waals surface area contributed by atoms with Crippen molar-refractivity contribution in [3.63, 3.8) is 0 Å². The molecule has 0 atom stereocenters. The summed E-state index contributed by atoms with van der Waals surface area (Å²) in [7, 11) is 1.92. The number of aromatic nitrogens is 4. The number of nitrogens with zero attached hydrogens (tertiary/aromatic N) is 4. The van der Waals surface area contributed by atoms with Crippen molar-refractivity contribution in [1.29, 1.82) is 0 Å². The molecule has 0 spiro atoms. The molecule has 0 bridgehead atoms. The molecule has 6 heteroatoms. The lowest BCUT2D eigenvalue weighted by Crippen LogP contribution is -2.41. The highest BCUT2D eigenvalue weighted by Crippen LogP contribution is 2.19. The number of hydrogen-bond acceptors (Lipinski definition) is 3. The van der Waals surface area contributed by atoms with Gasteiger partial charge in [0, 0.05) is 24.7 Å². The van der Waals surface area contributed by atoms with Crippen molar-refractivity contribution in [1.82, 2.24) is 14.8 Å². The average Bonchev–Trinajstić information content (AvgIpc) is 2.88. The SMILES string of the molecule is Cn1cnnc1-c1cccc(N[n+]2ccc(Cl)cc2)c1. The number of aryl methyl sites for hydroxylation is 1. The predicted molar refractivity (Wildman–Crippen MR) is 77.1 cm³/mol. The minimum atomic E-state index is 0.705. The lowest BCUT2D eigenvalue weighted by atomic mass is 10.2. The van der Waals surface area contributed by atoms with Crippen molar-refractivity contribution in [2.75, 3.05) is 5.43 Å². The van der Waals surface area contributed by atoms with Crippen LogP contribution in [0.4, 0.5) is 5.69 Å². The molecule has 0 aliphatic heterocycles. The Morgan fingerprint density at radius 1 is 1.20 bits per heavy atom. The van der Waals surface area contributed by atoms with Crippen LogP contribution in [0.1, 0.15) is 0 Å². The third-order valence-corrected chi connectivity index (χ3v) is 3.13. The molecule has 0 saturated heterocycles. The quantitative estimate of drug-likeness (QED) is 0.752. The fourth-order valence-corrected chi connectivity index (χ4v) is 2.02. The van der Waals surface area contributed by atoms with Gasteiger partial charge in [0.2, 0.25) is 12.4 Å². The molecule has 1 aromatic carbocycles. The molecule has 1 N–H and O–H groups in total. The predicted octanol–water partition coefficient (Wildman–Crippen LogP) is 2.30. The highest BCUT2D eigenvalue weighted by Gasteiger charge is 2.07. The van der Waals surface area contributed by atoms with E-state index in [0.29, 0.717) is 5.02 Å². The lowest BCUT2D eigenvalue weighted by molar-refractivity contribution is -0.642. The molecule has 20 heavy (non-hydrogen) atoms. The summed E-state index contributed by atoms with van der Waals surface area (Å²) in [5.41, 5.74) is 5.21. The van der Waals surface area contributed by atoms with E-state index in [-0.39, 0.29) is 0 Å². The van der Waals surface area contributed by atoms with Crippen molar-refractivity contribution in [3.05, 3.63) is 60.1 Å². The molecule has 0 radical (unpaired) electrons. The first-order chi connectivity index (χ1) is 9.72. The molecule has 3 aromatic rings. The summed E-state index contributed by atoms with van der Waals surface area (Å²) in [6, 6.07) is 11.6. The maximum absolute atomic E-state index is 5.87. The van der Waals surface area contributed by atoms with Crippen molar-refractivity contribution >= 4 is 17.3 Å². The first-order valence-corrected chi connectivity index (χ1v) is 6.48. The molecule has 100 valence electrons. The lowest BCUT2D eigenvalue weighted by Gasteiger charge is -2.04. The van der Waals surface area contributed by atoms with E-state index in [9.17, 15) is 0 Å². The van der Waals surface area contributed by atoms with Gasteiger partial charge in [-0.1, -0.05) is 28.4 Å². The van der Waals surface area contributed by atoms with Crippen molar-refractivity contribution in [3.8, 4) is 11.4 Å². The van der Waals surface area contributed by atoms with Gasteiger partial charge in [0.15, 0.2) is 5.82 Å². The van der Waals surface area contributed by atoms with Gasteiger partial charge in [-0.3, -0.25) is 0 Å². The summed E-state index contributed by atoms with van der Waals surface area (Å²) in [5.74, 6) is 0.828. The van der Waals surface area contributed by atoms with E-state index in [0.717, 1.165) is 17.1 Å². The van der Waals surface area contributed by atoms with E-state index in [1.54, 1.807) is 6.33 Å². The molecule has 0 saturated carbocycles. The summed E-state index contributed by atoms with van der Waals surface area (Å²) in [5, 5.41) is 8.71. The second-order valence-electron chi connectivity index (χ2n) is 4.38. The van der Waals surface area contributed by atoms with Gasteiger partial charge in [-0.25, -0.2) is 0 Å². The number of hydrogen-bond donors (Lipinski definition) is 1. The molecule has 0 fully saturated rings. The van der Waals surface area contributed by atoms with Gasteiger partial charge in [0.1, 0.15) is 6.33 Å². The van der Waals surface area contributed by atoms with E-state index in [1.807, 2.05) is 65.1 Å². The van der Waals surface area contributed by atoms with Crippen LogP contribution in [0.25, 0.3) is 11.4 Å². The third-order valence-electron chi connectivity index (χ3n) is 2.88. The minimum Gasteiger partial charge on any atom is -0.317 e. The number of rotatable bonds is 3. The van der Waals surface area contributed by atoms with Gasteiger partial charge < -0.3 is 4.57 Å². The summed E-state index contributed by atoms with van der Waals surface area (Å²) < 4.78 is 3.72. The molecule has 2 heterocycles. The summed E-state index contributed by atoms with van der Waals surface area (Å²) in [4.78, 5) is 0. The van der Waals surface area contributed by atoms with Crippen LogP contribution in [0.15, 0.2) is 55.1 Å². The largest absolute Gasteiger partial charge is 0.317 e. The number of benzene rings is 1. The van der Waals surface area contributed by atoms with Crippen molar-refractivity contribution in [2.24, 2.45) is 7.05 Å². The van der Waals surface area contributed by atoms with Gasteiger partial charge in [-0.2, -0.15) is 5.43 Å². The van der Waals surface area contributed by atoms with Crippen LogP contribution in [0.3, 0.4) is 0 Å². The fraction of sp³-hybridized carbons (Fsp3) is 0.0714. The minimum absolute atomic E-state index is 0.705. The number of pyridine rings is 1. The molecular weight excluding hydrogens is 274 g/mol. The number of halogens is 1. The second-order valence-corrected chi connectivity index (χ2v) is 4.82. The fourth-order valence-electron chi connectivity index (χ4n) is 1.90. The van der Waals surface area contributed by atoms with E-state index in [4.69, 9.17) is 11.6 Å². The normalized spacial score (nSPS) is 10.5. The molecule has 3 rings (SSSR count). The molecule has 2 aromatic heterocycles. The number of nitrogens with one attached hydrogen (secondary N) is 1. The second kappa shape index (κ2) is 5.30. The van der Waals surface area contributed by atoms with Gasteiger partial charge in [0.05, 0.1) is 10.7 Å². The molecular formula is C14H13ClN5+. The topological polar surface area (TPSA) is 46.6 Å². The Bertz CT molecular complexity index is 720. The molecule has 0 amide bonds. The summed E-state index contributed by atoms with van der Waals surface area (Å²) in [6.07, 6.45) is 5.40. The highest BCUT2D eigenvalue weighted by molar-refractivity contribution is 6.30. The van der Waals surface area contributed by atoms with Crippen molar-refractivity contribution < 1.29 is 4.68 Å². The Hall–Kier alpha value is -2.40. The van der Waals surface area contributed by atoms with Crippen LogP contribution in [0, 0.1) is 0 Å². The van der Waals surface area contributed by atoms with Gasteiger partial charge in [-0.15, -0.1) is 10.2 Å². The first kappa shape index (κ1) is 12.6. The van der Waals surface area contributed by atoms with Crippen LogP contribution in [-0.4, -0.2) is 14.8 Å². The van der Waals surface area contributed by atoms with Gasteiger partial charge in [-0.05, 0) is 12.1 Å². The maximum Gasteiger partial charge on any atom is 0.201 e. The monoisotopic (exact) mass is 286 g/mol. The van der Waals surface area contributed by atoms with Crippen LogP contribution in [0.2, 0.25) is 5.02 Å². The summed E-state index contributed by atoms with van der Waals surface area (Å²) >= 11 is 5.87. The number of anilines is 1. The van der Waals surface area contributed by atoms with Crippen LogP contribution >= 0.6 is 11.6 Å². The Balaban J connectivity index is 1.88. The van der Waals surface area contributed by atoms with Crippen LogP contribution < -0.4 is 10.1 Å². The van der Waals surface area contributed by atoms with Gasteiger partial charge in [0.25, 0.3) is 0 Å². The molecule has 5 nitrogen and oxygen atoms in total. The van der Waals surface area contributed by atoms with Crippen molar-refractivity contribution in [2.45, 2.75) is 0 Å². The molecule has 0 unspecified atom stereocenters. The smallest absolute Gasteiger partial charge is 0.201 e. The zero-order chi connectivity index (χ0) is 13.9. The molecule has 0 aliphatic rings. The Morgan fingerprint density at radius 3 is 2.70 bits per heavy atom. The van der Waals surface area contributed by atoms with Crippen LogP contribution in [0.5, 0.6) is 0 Å². The third kappa shape index (κ3) is 2.62. The van der Waals surface area contributed by atoms with Crippen LogP contribution in [-0.2, 0) is 7.05 Å². The highest BCUT2D eigenvalue weighted by atomic mass is 35.5. The standard InChI is InChI=1S/C14H13ClN5/c1-19-10-16-17-14(19)11-3-2-4-13(9-11)18-20-7-5-12(15)6-8-20/h2-10,18H,1H3/q+1. The Labute approximate surface area is 121 Å². The Morgan fingerprint density at radius 2 is 2.00 bits per heavy atom. The van der Waals surface area contributed by atoms with E-state index in [2.05, 4.69) is 15.6 Å². The zero-order valence-electron chi connectivity index (χ0n) is 10.9. The van der Waals surface area contributed by atoms with E-state index in [1.165, 1.54) is 0 Å². The Kier molecular flexibility index (Phi) is 3.35. The van der Waals surface area contributed by atoms with Gasteiger partial charge >= 0.3 is 0 Å². The average molecular weight is 287 g/mol. The summed E-state index contributed by atoms with van der Waals surface area (Å²) in [6.45, 7) is 0. The maximum atomic E-state index is 5.87. The van der Waals surface area contributed by atoms with E-state index < -0.39 is 0 Å². The molecule has 0 aliphatic carbocycles. The van der Waals surface area contributed by atoms with E-state index >= 15 is 0 Å².